The molecule has 0 aliphatic carbocycles. The summed E-state index contributed by atoms with van der Waals surface area (Å²) in [5, 5.41) is 14.4. The topological polar surface area (TPSA) is 41.5 Å². The molecule has 0 spiro atoms. The van der Waals surface area contributed by atoms with Gasteiger partial charge in [-0.05, 0) is 23.6 Å². The van der Waals surface area contributed by atoms with E-state index in [9.17, 15) is 13.9 Å². The Hall–Kier alpha value is -1.50. The van der Waals surface area contributed by atoms with Crippen molar-refractivity contribution in [2.75, 3.05) is 18.5 Å². The summed E-state index contributed by atoms with van der Waals surface area (Å²) in [6, 6.07) is 7.12. The summed E-state index contributed by atoms with van der Waals surface area (Å²) in [6.45, 7) is 0.723. The fourth-order valence-corrected chi connectivity index (χ4v) is 2.25. The standard InChI is InChI=1S/C14H15F2NO2S/c15-10-3-4-14(13(16)6-10)17-7-11(18)8-19-9-12-2-1-5-20-12/h1-6,11,17-18H,7-9H2. The van der Waals surface area contributed by atoms with Crippen LogP contribution in [0.25, 0.3) is 0 Å². The van der Waals surface area contributed by atoms with Gasteiger partial charge in [0.2, 0.25) is 0 Å². The fraction of sp³-hybridized carbons (Fsp3) is 0.286. The van der Waals surface area contributed by atoms with E-state index in [4.69, 9.17) is 4.74 Å². The summed E-state index contributed by atoms with van der Waals surface area (Å²) in [5.74, 6) is -1.32. The number of aliphatic hydroxyl groups is 1. The zero-order valence-corrected chi connectivity index (χ0v) is 11.5. The molecule has 6 heteroatoms. The molecule has 3 nitrogen and oxygen atoms in total. The highest BCUT2D eigenvalue weighted by molar-refractivity contribution is 7.09. The number of nitrogens with one attached hydrogen (secondary N) is 1. The van der Waals surface area contributed by atoms with Crippen molar-refractivity contribution in [1.29, 1.82) is 0 Å². The molecule has 108 valence electrons. The van der Waals surface area contributed by atoms with Crippen LogP contribution < -0.4 is 5.32 Å². The van der Waals surface area contributed by atoms with Crippen LogP contribution in [0.15, 0.2) is 35.7 Å². The molecule has 1 atom stereocenters. The summed E-state index contributed by atoms with van der Waals surface area (Å²) < 4.78 is 31.4. The number of thiophene rings is 1. The minimum absolute atomic E-state index is 0.132. The minimum atomic E-state index is -0.764. The number of hydrogen-bond acceptors (Lipinski definition) is 4. The van der Waals surface area contributed by atoms with E-state index >= 15 is 0 Å². The van der Waals surface area contributed by atoms with E-state index < -0.39 is 17.7 Å². The van der Waals surface area contributed by atoms with E-state index in [0.717, 1.165) is 17.0 Å². The molecule has 0 fully saturated rings. The Morgan fingerprint density at radius 3 is 2.85 bits per heavy atom. The van der Waals surface area contributed by atoms with Gasteiger partial charge in [-0.1, -0.05) is 6.07 Å². The first kappa shape index (κ1) is 14.9. The zero-order valence-electron chi connectivity index (χ0n) is 10.7. The van der Waals surface area contributed by atoms with Crippen LogP contribution in [0.3, 0.4) is 0 Å². The van der Waals surface area contributed by atoms with Crippen LogP contribution in [0.4, 0.5) is 14.5 Å². The van der Waals surface area contributed by atoms with Gasteiger partial charge in [0.25, 0.3) is 0 Å². The third kappa shape index (κ3) is 4.56. The van der Waals surface area contributed by atoms with Crippen molar-refractivity contribution < 1.29 is 18.6 Å². The Morgan fingerprint density at radius 1 is 1.30 bits per heavy atom. The van der Waals surface area contributed by atoms with Gasteiger partial charge in [-0.2, -0.15) is 0 Å². The molecule has 1 unspecified atom stereocenters. The van der Waals surface area contributed by atoms with Gasteiger partial charge in [0.1, 0.15) is 11.6 Å². The molecule has 1 aromatic carbocycles. The summed E-state index contributed by atoms with van der Waals surface area (Å²) in [7, 11) is 0. The predicted octanol–water partition coefficient (Wildman–Crippen LogP) is 3.02. The lowest BCUT2D eigenvalue weighted by Crippen LogP contribution is -2.25. The Kier molecular flexibility index (Phi) is 5.46. The molecular formula is C14H15F2NO2S. The Balaban J connectivity index is 1.70. The molecule has 20 heavy (non-hydrogen) atoms. The van der Waals surface area contributed by atoms with Gasteiger partial charge in [0, 0.05) is 17.5 Å². The van der Waals surface area contributed by atoms with Crippen molar-refractivity contribution in [2.24, 2.45) is 0 Å². The van der Waals surface area contributed by atoms with Gasteiger partial charge < -0.3 is 15.2 Å². The Bertz CT molecular complexity index is 534. The molecule has 0 amide bonds. The summed E-state index contributed by atoms with van der Waals surface area (Å²) in [5.41, 5.74) is 0.156. The van der Waals surface area contributed by atoms with Crippen LogP contribution in [-0.4, -0.2) is 24.4 Å². The van der Waals surface area contributed by atoms with Crippen molar-refractivity contribution >= 4 is 17.0 Å². The molecule has 2 N–H and O–H groups in total. The normalized spacial score (nSPS) is 12.3. The molecule has 0 radical (unpaired) electrons. The van der Waals surface area contributed by atoms with Gasteiger partial charge in [0.15, 0.2) is 0 Å². The van der Waals surface area contributed by atoms with Crippen LogP contribution >= 0.6 is 11.3 Å². The highest BCUT2D eigenvalue weighted by Crippen LogP contribution is 2.15. The third-order valence-corrected chi connectivity index (χ3v) is 3.44. The molecule has 0 aliphatic rings. The van der Waals surface area contributed by atoms with E-state index in [1.165, 1.54) is 6.07 Å². The molecule has 2 rings (SSSR count). The lowest BCUT2D eigenvalue weighted by atomic mass is 10.3. The second-order valence-electron chi connectivity index (χ2n) is 4.25. The summed E-state index contributed by atoms with van der Waals surface area (Å²) in [6.07, 6.45) is -0.764. The van der Waals surface area contributed by atoms with E-state index in [-0.39, 0.29) is 18.8 Å². The first-order valence-corrected chi connectivity index (χ1v) is 7.00. The number of halogens is 2. The fourth-order valence-electron chi connectivity index (χ4n) is 1.61. The van der Waals surface area contributed by atoms with Crippen LogP contribution in [0.1, 0.15) is 4.88 Å². The predicted molar refractivity (Wildman–Crippen MR) is 74.8 cm³/mol. The summed E-state index contributed by atoms with van der Waals surface area (Å²) >= 11 is 1.58. The van der Waals surface area contributed by atoms with Gasteiger partial charge in [-0.3, -0.25) is 0 Å². The molecule has 0 saturated carbocycles. The number of hydrogen-bond donors (Lipinski definition) is 2. The highest BCUT2D eigenvalue weighted by atomic mass is 32.1. The van der Waals surface area contributed by atoms with Gasteiger partial charge in [0.05, 0.1) is 25.0 Å². The third-order valence-electron chi connectivity index (χ3n) is 2.59. The maximum atomic E-state index is 13.3. The maximum absolute atomic E-state index is 13.3. The van der Waals surface area contributed by atoms with Crippen LogP contribution in [0.2, 0.25) is 0 Å². The second kappa shape index (κ2) is 7.33. The van der Waals surface area contributed by atoms with Crippen molar-refractivity contribution in [3.63, 3.8) is 0 Å². The largest absolute Gasteiger partial charge is 0.389 e. The molecule has 0 saturated heterocycles. The molecule has 1 aromatic heterocycles. The monoisotopic (exact) mass is 299 g/mol. The summed E-state index contributed by atoms with van der Waals surface area (Å²) in [4.78, 5) is 1.08. The number of rotatable bonds is 7. The van der Waals surface area contributed by atoms with Crippen molar-refractivity contribution in [1.82, 2.24) is 0 Å². The SMILES string of the molecule is OC(CNc1ccc(F)cc1F)COCc1cccs1. The van der Waals surface area contributed by atoms with Gasteiger partial charge in [-0.25, -0.2) is 8.78 Å². The maximum Gasteiger partial charge on any atom is 0.149 e. The molecule has 0 bridgehead atoms. The molecule has 2 aromatic rings. The number of anilines is 1. The smallest absolute Gasteiger partial charge is 0.149 e. The van der Waals surface area contributed by atoms with Crippen LogP contribution in [-0.2, 0) is 11.3 Å². The molecule has 0 aliphatic heterocycles. The first-order valence-electron chi connectivity index (χ1n) is 6.12. The van der Waals surface area contributed by atoms with Crippen LogP contribution in [0.5, 0.6) is 0 Å². The van der Waals surface area contributed by atoms with Crippen LogP contribution in [0, 0.1) is 11.6 Å². The quantitative estimate of drug-likeness (QED) is 0.826. The van der Waals surface area contributed by atoms with E-state index in [2.05, 4.69) is 5.32 Å². The average molecular weight is 299 g/mol. The van der Waals surface area contributed by atoms with E-state index in [1.54, 1.807) is 11.3 Å². The van der Waals surface area contributed by atoms with Crippen molar-refractivity contribution in [3.05, 3.63) is 52.2 Å². The van der Waals surface area contributed by atoms with E-state index in [0.29, 0.717) is 6.61 Å². The number of aliphatic hydroxyl groups excluding tert-OH is 1. The number of ether oxygens (including phenoxy) is 1. The number of benzene rings is 1. The van der Waals surface area contributed by atoms with Gasteiger partial charge in [-0.15, -0.1) is 11.3 Å². The second-order valence-corrected chi connectivity index (χ2v) is 5.29. The molecular weight excluding hydrogens is 284 g/mol. The first-order chi connectivity index (χ1) is 9.65. The zero-order chi connectivity index (χ0) is 14.4. The Labute approximate surface area is 119 Å². The minimum Gasteiger partial charge on any atom is -0.389 e. The van der Waals surface area contributed by atoms with Crippen molar-refractivity contribution in [3.8, 4) is 0 Å². The Morgan fingerprint density at radius 2 is 2.15 bits per heavy atom. The van der Waals surface area contributed by atoms with Gasteiger partial charge >= 0.3 is 0 Å². The lowest BCUT2D eigenvalue weighted by Gasteiger charge is -2.13. The van der Waals surface area contributed by atoms with E-state index in [1.807, 2.05) is 17.5 Å². The molecule has 1 heterocycles. The lowest BCUT2D eigenvalue weighted by molar-refractivity contribution is 0.0358. The highest BCUT2D eigenvalue weighted by Gasteiger charge is 2.08. The average Bonchev–Trinajstić information content (AvgIpc) is 2.91. The van der Waals surface area contributed by atoms with Crippen molar-refractivity contribution in [2.45, 2.75) is 12.7 Å².